The van der Waals surface area contributed by atoms with Crippen LogP contribution in [0.1, 0.15) is 55.3 Å². The Morgan fingerprint density at radius 1 is 0.909 bits per heavy atom. The molecule has 0 unspecified atom stereocenters. The Morgan fingerprint density at radius 3 is 2.23 bits per heavy atom. The number of methoxy groups -OCH3 is 1. The zero-order chi connectivity index (χ0) is 32.1. The molecule has 3 fully saturated rings. The molecule has 0 radical (unpaired) electrons. The SMILES string of the molecule is COc1cc(F)c(O[C@H]2CC[C@@H](C(=O)O)CC2)cc1C(=O)N[C@@H]1[C@@H]2CC[C@@H](C2)[C@@H]1C(=O)Nc1cccc(S(F)(F)(F)(F)F)c1. The van der Waals surface area contributed by atoms with Crippen molar-refractivity contribution in [3.05, 3.63) is 47.8 Å². The average molecular weight is 651 g/mol. The molecule has 8 nitrogen and oxygen atoms in total. The molecule has 2 amide bonds. The lowest BCUT2D eigenvalue weighted by molar-refractivity contribution is -0.143. The van der Waals surface area contributed by atoms with Gasteiger partial charge in [-0.15, -0.1) is 0 Å². The number of hydrogen-bond donors (Lipinski definition) is 3. The lowest BCUT2D eigenvalue weighted by Gasteiger charge is -2.40. The first kappa shape index (κ1) is 31.8. The van der Waals surface area contributed by atoms with E-state index in [9.17, 15) is 43.3 Å². The van der Waals surface area contributed by atoms with E-state index in [0.29, 0.717) is 44.9 Å². The van der Waals surface area contributed by atoms with Gasteiger partial charge >= 0.3 is 16.2 Å². The van der Waals surface area contributed by atoms with E-state index in [2.05, 4.69) is 10.6 Å². The molecule has 5 rings (SSSR count). The number of fused-ring (bicyclic) bond motifs is 2. The number of anilines is 1. The smallest absolute Gasteiger partial charge is 0.310 e. The van der Waals surface area contributed by atoms with Crippen LogP contribution < -0.4 is 20.1 Å². The molecule has 15 heteroatoms. The van der Waals surface area contributed by atoms with Gasteiger partial charge in [-0.25, -0.2) is 4.39 Å². The van der Waals surface area contributed by atoms with Crippen molar-refractivity contribution in [2.45, 2.75) is 62.0 Å². The molecule has 3 saturated carbocycles. The maximum absolute atomic E-state index is 14.9. The highest BCUT2D eigenvalue weighted by Crippen LogP contribution is 3.02. The average Bonchev–Trinajstić information content (AvgIpc) is 3.55. The molecule has 3 N–H and O–H groups in total. The highest BCUT2D eigenvalue weighted by atomic mass is 32.5. The third kappa shape index (κ3) is 6.71. The molecule has 0 saturated heterocycles. The maximum Gasteiger partial charge on any atom is 0.310 e. The first-order valence-corrected chi connectivity index (χ1v) is 16.1. The van der Waals surface area contributed by atoms with Crippen molar-refractivity contribution in [1.82, 2.24) is 5.32 Å². The summed E-state index contributed by atoms with van der Waals surface area (Å²) in [5.74, 6) is -5.09. The number of carboxylic acid groups (broad SMARTS) is 1. The number of amides is 2. The Kier molecular flexibility index (Phi) is 7.78. The van der Waals surface area contributed by atoms with Gasteiger partial charge in [-0.05, 0) is 81.0 Å². The summed E-state index contributed by atoms with van der Waals surface area (Å²) in [6.07, 6.45) is 2.94. The van der Waals surface area contributed by atoms with Gasteiger partial charge in [0.25, 0.3) is 5.91 Å². The minimum Gasteiger partial charge on any atom is -0.496 e. The number of nitrogens with one attached hydrogen (secondary N) is 2. The predicted octanol–water partition coefficient (Wildman–Crippen LogP) is 7.30. The van der Waals surface area contributed by atoms with Crippen molar-refractivity contribution in [2.75, 3.05) is 12.4 Å². The number of carbonyl (C=O) groups excluding carboxylic acids is 2. The molecule has 242 valence electrons. The van der Waals surface area contributed by atoms with Gasteiger partial charge in [0.15, 0.2) is 11.6 Å². The van der Waals surface area contributed by atoms with E-state index in [1.54, 1.807) is 0 Å². The van der Waals surface area contributed by atoms with Gasteiger partial charge in [-0.1, -0.05) is 25.5 Å². The lowest BCUT2D eigenvalue weighted by atomic mass is 9.83. The van der Waals surface area contributed by atoms with Crippen LogP contribution in [0, 0.1) is 29.5 Å². The summed E-state index contributed by atoms with van der Waals surface area (Å²) in [6.45, 7) is 0. The number of ether oxygens (including phenoxy) is 2. The number of carboxylic acids is 1. The van der Waals surface area contributed by atoms with Crippen molar-refractivity contribution < 1.29 is 52.8 Å². The van der Waals surface area contributed by atoms with Crippen molar-refractivity contribution in [1.29, 1.82) is 0 Å². The molecule has 44 heavy (non-hydrogen) atoms. The highest BCUT2D eigenvalue weighted by molar-refractivity contribution is 8.45. The van der Waals surface area contributed by atoms with Crippen LogP contribution in [0.15, 0.2) is 41.3 Å². The number of rotatable bonds is 9. The molecule has 0 aliphatic heterocycles. The first-order chi connectivity index (χ1) is 20.4. The molecule has 2 aromatic rings. The van der Waals surface area contributed by atoms with Crippen LogP contribution >= 0.6 is 10.2 Å². The van der Waals surface area contributed by atoms with Crippen LogP contribution in [0.25, 0.3) is 0 Å². The minimum absolute atomic E-state index is 0.0753. The van der Waals surface area contributed by atoms with E-state index in [0.717, 1.165) is 18.2 Å². The molecule has 3 aliphatic rings. The quantitative estimate of drug-likeness (QED) is 0.246. The van der Waals surface area contributed by atoms with E-state index in [1.807, 2.05) is 0 Å². The lowest BCUT2D eigenvalue weighted by Crippen LogP contribution is -2.48. The summed E-state index contributed by atoms with van der Waals surface area (Å²) in [5.41, 5.74) is -0.526. The van der Waals surface area contributed by atoms with Gasteiger partial charge in [-0.2, -0.15) is 0 Å². The standard InChI is InChI=1S/C29H32F6N2O6S/c1-42-23-14-22(30)24(43-19-9-7-15(8-10-19)29(40)41)13-21(23)27(38)37-26-17-6-5-16(11-17)25(26)28(39)36-18-3-2-4-20(12-18)44(31,32,33,34)35/h2-4,12-17,19,25-26H,5-11H2,1H3,(H,36,39)(H,37,38)(H,40,41)/t15-,16-,17+,19+,25-,26+/m0/s1. The van der Waals surface area contributed by atoms with Gasteiger partial charge in [0.2, 0.25) is 5.91 Å². The Labute approximate surface area is 249 Å². The Hall–Kier alpha value is -3.62. The topological polar surface area (TPSA) is 114 Å². The number of halogens is 6. The molecule has 2 aromatic carbocycles. The zero-order valence-electron chi connectivity index (χ0n) is 23.5. The molecular weight excluding hydrogens is 618 g/mol. The van der Waals surface area contributed by atoms with Crippen LogP contribution in [-0.2, 0) is 9.59 Å². The van der Waals surface area contributed by atoms with E-state index < -0.39 is 68.4 Å². The minimum atomic E-state index is -9.97. The summed E-state index contributed by atoms with van der Waals surface area (Å²) in [6, 6.07) is 3.73. The molecule has 0 heterocycles. The molecular formula is C29H32F6N2O6S. The molecule has 0 spiro atoms. The molecule has 2 bridgehead atoms. The number of carbonyl (C=O) groups is 3. The Balaban J connectivity index is 1.33. The first-order valence-electron chi connectivity index (χ1n) is 14.2. The Morgan fingerprint density at radius 2 is 1.59 bits per heavy atom. The second kappa shape index (κ2) is 10.8. The highest BCUT2D eigenvalue weighted by Gasteiger charge is 2.65. The van der Waals surface area contributed by atoms with Crippen LogP contribution in [0.5, 0.6) is 11.5 Å². The normalized spacial score (nSPS) is 28.0. The fourth-order valence-corrected chi connectivity index (χ4v) is 7.41. The summed E-state index contributed by atoms with van der Waals surface area (Å²) < 4.78 is 92.5. The number of aliphatic carboxylic acids is 1. The fourth-order valence-electron chi connectivity index (χ4n) is 6.72. The van der Waals surface area contributed by atoms with E-state index in [-0.39, 0.29) is 41.0 Å². The van der Waals surface area contributed by atoms with E-state index >= 15 is 0 Å². The second-order valence-corrected chi connectivity index (χ2v) is 14.2. The van der Waals surface area contributed by atoms with Crippen molar-refractivity contribution in [2.24, 2.45) is 23.7 Å². The van der Waals surface area contributed by atoms with Gasteiger partial charge in [-0.3, -0.25) is 14.4 Å². The zero-order valence-corrected chi connectivity index (χ0v) is 24.4. The molecule has 0 aromatic heterocycles. The van der Waals surface area contributed by atoms with Crippen molar-refractivity contribution in [3.63, 3.8) is 0 Å². The summed E-state index contributed by atoms with van der Waals surface area (Å²) in [4.78, 5) is 35.9. The second-order valence-electron chi connectivity index (χ2n) is 11.8. The summed E-state index contributed by atoms with van der Waals surface area (Å²) >= 11 is 0. The van der Waals surface area contributed by atoms with E-state index in [1.165, 1.54) is 13.2 Å². The Bertz CT molecular complexity index is 1480. The van der Waals surface area contributed by atoms with Crippen molar-refractivity contribution >= 4 is 33.7 Å². The monoisotopic (exact) mass is 650 g/mol. The largest absolute Gasteiger partial charge is 0.496 e. The van der Waals surface area contributed by atoms with Crippen LogP contribution in [0.2, 0.25) is 0 Å². The van der Waals surface area contributed by atoms with E-state index in [4.69, 9.17) is 9.47 Å². The van der Waals surface area contributed by atoms with Gasteiger partial charge in [0, 0.05) is 17.8 Å². The summed E-state index contributed by atoms with van der Waals surface area (Å²) in [5, 5.41) is 14.3. The van der Waals surface area contributed by atoms with Gasteiger partial charge in [0.1, 0.15) is 10.6 Å². The van der Waals surface area contributed by atoms with Gasteiger partial charge < -0.3 is 25.2 Å². The molecule has 4 atom stereocenters. The van der Waals surface area contributed by atoms with Crippen LogP contribution in [-0.4, -0.2) is 42.1 Å². The fraction of sp³-hybridized carbons (Fsp3) is 0.483. The van der Waals surface area contributed by atoms with Crippen LogP contribution in [0.4, 0.5) is 29.5 Å². The number of hydrogen-bond acceptors (Lipinski definition) is 5. The third-order valence-electron chi connectivity index (χ3n) is 8.88. The maximum atomic E-state index is 14.9. The predicted molar refractivity (Wildman–Crippen MR) is 149 cm³/mol. The molecule has 3 aliphatic carbocycles. The summed E-state index contributed by atoms with van der Waals surface area (Å²) in [7, 11) is -8.73. The van der Waals surface area contributed by atoms with Crippen LogP contribution in [0.3, 0.4) is 0 Å². The van der Waals surface area contributed by atoms with Crippen molar-refractivity contribution in [3.8, 4) is 11.5 Å². The number of benzene rings is 2. The third-order valence-corrected chi connectivity index (χ3v) is 10.0. The van der Waals surface area contributed by atoms with Gasteiger partial charge in [0.05, 0.1) is 30.6 Å².